The number of carboxylic acid groups (broad SMARTS) is 1. The van der Waals surface area contributed by atoms with Crippen molar-refractivity contribution in [3.05, 3.63) is 47.0 Å². The van der Waals surface area contributed by atoms with Crippen LogP contribution in [0.4, 0.5) is 5.69 Å². The highest BCUT2D eigenvalue weighted by Crippen LogP contribution is 2.33. The number of carboxylic acids is 1. The minimum Gasteiger partial charge on any atom is -0.507 e. The molecule has 2 rings (SSSR count). The van der Waals surface area contributed by atoms with Gasteiger partial charge in [0.25, 0.3) is 5.91 Å². The highest BCUT2D eigenvalue weighted by atomic mass is 16.5. The van der Waals surface area contributed by atoms with Gasteiger partial charge in [0, 0.05) is 11.7 Å². The Labute approximate surface area is 187 Å². The molecule has 0 radical (unpaired) electrons. The Morgan fingerprint density at radius 3 is 2.00 bits per heavy atom. The summed E-state index contributed by atoms with van der Waals surface area (Å²) < 4.78 is 5.97. The molecule has 0 saturated heterocycles. The Balaban J connectivity index is 2.28. The predicted octanol–water partition coefficient (Wildman–Crippen LogP) is 4.23. The quantitative estimate of drug-likeness (QED) is 0.476. The third-order valence-electron chi connectivity index (χ3n) is 5.08. The summed E-state index contributed by atoms with van der Waals surface area (Å²) in [5.41, 5.74) is 1.75. The number of amides is 2. The zero-order chi connectivity index (χ0) is 24.2. The first-order chi connectivity index (χ1) is 14.9. The number of anilines is 1. The van der Waals surface area contributed by atoms with E-state index in [0.717, 1.165) is 0 Å². The van der Waals surface area contributed by atoms with Crippen molar-refractivity contribution in [2.45, 2.75) is 47.6 Å². The lowest BCUT2D eigenvalue weighted by Crippen LogP contribution is -2.42. The van der Waals surface area contributed by atoms with Crippen molar-refractivity contribution in [1.82, 2.24) is 5.32 Å². The van der Waals surface area contributed by atoms with Gasteiger partial charge in [-0.3, -0.25) is 9.59 Å². The zero-order valence-electron chi connectivity index (χ0n) is 19.1. The van der Waals surface area contributed by atoms with Crippen molar-refractivity contribution in [2.24, 2.45) is 11.8 Å². The van der Waals surface area contributed by atoms with Gasteiger partial charge in [-0.05, 0) is 67.1 Å². The van der Waals surface area contributed by atoms with Crippen molar-refractivity contribution in [1.29, 1.82) is 0 Å². The van der Waals surface area contributed by atoms with E-state index in [1.165, 1.54) is 12.1 Å². The maximum Gasteiger partial charge on any atom is 0.394 e. The van der Waals surface area contributed by atoms with Gasteiger partial charge in [-0.1, -0.05) is 27.7 Å². The summed E-state index contributed by atoms with van der Waals surface area (Å²) in [4.78, 5) is 35.0. The highest BCUT2D eigenvalue weighted by Gasteiger charge is 2.22. The SMILES string of the molecule is Cc1cc(NC(=O)C(=O)O)cc(C)c1Oc1ccc(O)c(C(=O)NC(C(C)C)C(C)C)c1. The number of phenols is 1. The van der Waals surface area contributed by atoms with Crippen LogP contribution < -0.4 is 15.4 Å². The molecule has 4 N–H and O–H groups in total. The number of ether oxygens (including phenoxy) is 1. The Morgan fingerprint density at radius 2 is 1.50 bits per heavy atom. The Morgan fingerprint density at radius 1 is 0.938 bits per heavy atom. The van der Waals surface area contributed by atoms with Crippen LogP contribution in [0.25, 0.3) is 0 Å². The molecular formula is C24H30N2O6. The van der Waals surface area contributed by atoms with Gasteiger partial charge in [-0.25, -0.2) is 4.79 Å². The number of hydrogen-bond donors (Lipinski definition) is 4. The van der Waals surface area contributed by atoms with Gasteiger partial charge in [0.05, 0.1) is 5.56 Å². The van der Waals surface area contributed by atoms with Crippen LogP contribution >= 0.6 is 0 Å². The largest absolute Gasteiger partial charge is 0.507 e. The van der Waals surface area contributed by atoms with Crippen molar-refractivity contribution >= 4 is 23.5 Å². The summed E-state index contributed by atoms with van der Waals surface area (Å²) >= 11 is 0. The summed E-state index contributed by atoms with van der Waals surface area (Å²) in [5, 5.41) is 24.3. The molecule has 2 aromatic carbocycles. The molecule has 0 saturated carbocycles. The number of carbonyl (C=O) groups is 3. The van der Waals surface area contributed by atoms with Crippen molar-refractivity contribution in [3.63, 3.8) is 0 Å². The molecule has 0 heterocycles. The molecule has 172 valence electrons. The molecule has 0 aromatic heterocycles. The van der Waals surface area contributed by atoms with Crippen LogP contribution in [0.5, 0.6) is 17.2 Å². The van der Waals surface area contributed by atoms with Gasteiger partial charge in [0.15, 0.2) is 0 Å². The normalized spacial score (nSPS) is 11.0. The Bertz CT molecular complexity index is 998. The molecule has 0 fully saturated rings. The molecule has 0 aliphatic carbocycles. The summed E-state index contributed by atoms with van der Waals surface area (Å²) in [7, 11) is 0. The number of hydrogen-bond acceptors (Lipinski definition) is 5. The fourth-order valence-electron chi connectivity index (χ4n) is 3.58. The highest BCUT2D eigenvalue weighted by molar-refractivity contribution is 6.36. The molecule has 2 amide bonds. The van der Waals surface area contributed by atoms with Crippen LogP contribution in [0.1, 0.15) is 49.2 Å². The van der Waals surface area contributed by atoms with Crippen LogP contribution in [0.2, 0.25) is 0 Å². The van der Waals surface area contributed by atoms with E-state index in [2.05, 4.69) is 10.6 Å². The summed E-state index contributed by atoms with van der Waals surface area (Å²) in [6, 6.07) is 7.55. The first-order valence-electron chi connectivity index (χ1n) is 10.4. The molecule has 8 heteroatoms. The smallest absolute Gasteiger partial charge is 0.394 e. The monoisotopic (exact) mass is 442 g/mol. The summed E-state index contributed by atoms with van der Waals surface area (Å²) in [5.74, 6) is -1.94. The van der Waals surface area contributed by atoms with Crippen LogP contribution in [0.3, 0.4) is 0 Å². The van der Waals surface area contributed by atoms with Crippen LogP contribution in [0.15, 0.2) is 30.3 Å². The van der Waals surface area contributed by atoms with E-state index in [1.807, 2.05) is 27.7 Å². The number of nitrogens with one attached hydrogen (secondary N) is 2. The van der Waals surface area contributed by atoms with Gasteiger partial charge in [0.2, 0.25) is 0 Å². The van der Waals surface area contributed by atoms with E-state index >= 15 is 0 Å². The number of aryl methyl sites for hydroxylation is 2. The topological polar surface area (TPSA) is 125 Å². The molecule has 8 nitrogen and oxygen atoms in total. The van der Waals surface area contributed by atoms with Gasteiger partial charge in [-0.15, -0.1) is 0 Å². The minimum atomic E-state index is -1.58. The summed E-state index contributed by atoms with van der Waals surface area (Å²) in [6.07, 6.45) is 0. The molecule has 32 heavy (non-hydrogen) atoms. The van der Waals surface area contributed by atoms with E-state index in [1.54, 1.807) is 32.0 Å². The van der Waals surface area contributed by atoms with Crippen molar-refractivity contribution < 1.29 is 29.3 Å². The second-order valence-corrected chi connectivity index (χ2v) is 8.47. The molecule has 2 aromatic rings. The Hall–Kier alpha value is -3.55. The molecular weight excluding hydrogens is 412 g/mol. The fourth-order valence-corrected chi connectivity index (χ4v) is 3.58. The standard InChI is InChI=1S/C24H30N2O6/c1-12(2)20(13(3)4)26-22(28)18-11-17(7-8-19(18)27)32-21-14(5)9-16(10-15(21)6)25-23(29)24(30)31/h7-13,20,27H,1-6H3,(H,25,29)(H,26,28)(H,30,31). The van der Waals surface area contributed by atoms with E-state index in [-0.39, 0.29) is 35.1 Å². The molecule has 0 atom stereocenters. The van der Waals surface area contributed by atoms with Gasteiger partial charge < -0.3 is 25.6 Å². The molecule has 0 aliphatic rings. The van der Waals surface area contributed by atoms with E-state index in [4.69, 9.17) is 9.84 Å². The van der Waals surface area contributed by atoms with Gasteiger partial charge >= 0.3 is 11.9 Å². The average molecular weight is 443 g/mol. The van der Waals surface area contributed by atoms with Crippen LogP contribution in [-0.4, -0.2) is 34.0 Å². The first kappa shape index (κ1) is 24.7. The minimum absolute atomic E-state index is 0.0514. The number of rotatable bonds is 7. The van der Waals surface area contributed by atoms with E-state index in [9.17, 15) is 19.5 Å². The Kier molecular flexibility index (Phi) is 7.86. The number of aliphatic carboxylic acids is 1. The second kappa shape index (κ2) is 10.2. The van der Waals surface area contributed by atoms with Crippen molar-refractivity contribution in [3.8, 4) is 17.2 Å². The number of aromatic hydroxyl groups is 1. The zero-order valence-corrected chi connectivity index (χ0v) is 19.1. The second-order valence-electron chi connectivity index (χ2n) is 8.47. The summed E-state index contributed by atoms with van der Waals surface area (Å²) in [6.45, 7) is 11.6. The molecule has 0 bridgehead atoms. The average Bonchev–Trinajstić information content (AvgIpc) is 2.69. The van der Waals surface area contributed by atoms with Crippen LogP contribution in [0, 0.1) is 25.7 Å². The number of benzene rings is 2. The van der Waals surface area contributed by atoms with E-state index in [0.29, 0.717) is 28.3 Å². The number of carbonyl (C=O) groups excluding carboxylic acids is 2. The first-order valence-corrected chi connectivity index (χ1v) is 10.4. The van der Waals surface area contributed by atoms with Crippen LogP contribution in [-0.2, 0) is 9.59 Å². The third-order valence-corrected chi connectivity index (χ3v) is 5.08. The predicted molar refractivity (Wildman–Crippen MR) is 121 cm³/mol. The molecule has 0 spiro atoms. The van der Waals surface area contributed by atoms with Gasteiger partial charge in [0.1, 0.15) is 17.2 Å². The maximum absolute atomic E-state index is 12.8. The van der Waals surface area contributed by atoms with E-state index < -0.39 is 11.9 Å². The lowest BCUT2D eigenvalue weighted by atomic mass is 9.93. The number of phenolic OH excluding ortho intramolecular Hbond substituents is 1. The fraction of sp³-hybridized carbons (Fsp3) is 0.375. The molecule has 0 unspecified atom stereocenters. The lowest BCUT2D eigenvalue weighted by Gasteiger charge is -2.26. The third kappa shape index (κ3) is 6.00. The maximum atomic E-state index is 12.8. The van der Waals surface area contributed by atoms with Crippen molar-refractivity contribution in [2.75, 3.05) is 5.32 Å². The lowest BCUT2D eigenvalue weighted by molar-refractivity contribution is -0.147. The molecule has 0 aliphatic heterocycles. The van der Waals surface area contributed by atoms with Gasteiger partial charge in [-0.2, -0.15) is 0 Å².